The minimum atomic E-state index is -1.46. The number of likely N-dealkylation sites (tertiary alicyclic amines) is 1. The Morgan fingerprint density at radius 1 is 0.981 bits per heavy atom. The van der Waals surface area contributed by atoms with E-state index in [9.17, 15) is 43.4 Å². The number of aliphatic carboxylic acids is 1. The molecule has 0 aliphatic carbocycles. The fraction of sp³-hybridized carbons (Fsp3) is 0.421. The van der Waals surface area contributed by atoms with Crippen LogP contribution in [0.5, 0.6) is 0 Å². The molecular formula is C38H46F2N6O8. The molecule has 3 atom stereocenters. The minimum absolute atomic E-state index is 0.0128. The van der Waals surface area contributed by atoms with Crippen LogP contribution in [-0.2, 0) is 35.3 Å². The SMILES string of the molecule is CC(C)(C)[C@H](c1cc(-c2cc(F)ccc2F)cn1Cc1ccccc1)N(CC[C@H](N)C(=O)N[C@H](CCNC(=O)CN1C(=O)CCC1=O)C(=O)O)C(=O)CO. The molecule has 1 aliphatic heterocycles. The van der Waals surface area contributed by atoms with Gasteiger partial charge in [-0.25, -0.2) is 13.6 Å². The summed E-state index contributed by atoms with van der Waals surface area (Å²) in [7, 11) is 0. The summed E-state index contributed by atoms with van der Waals surface area (Å²) < 4.78 is 31.1. The van der Waals surface area contributed by atoms with Gasteiger partial charge in [0.25, 0.3) is 0 Å². The molecule has 0 unspecified atom stereocenters. The zero-order valence-electron chi connectivity index (χ0n) is 30.4. The van der Waals surface area contributed by atoms with Gasteiger partial charge in [0, 0.05) is 55.5 Å². The van der Waals surface area contributed by atoms with Crippen molar-refractivity contribution >= 4 is 35.5 Å². The van der Waals surface area contributed by atoms with Gasteiger partial charge in [-0.05, 0) is 48.1 Å². The van der Waals surface area contributed by atoms with E-state index in [-0.39, 0.29) is 44.3 Å². The number of carboxylic acid groups (broad SMARTS) is 1. The van der Waals surface area contributed by atoms with Gasteiger partial charge < -0.3 is 36.0 Å². The molecule has 16 heteroatoms. The van der Waals surface area contributed by atoms with Crippen molar-refractivity contribution in [2.75, 3.05) is 26.2 Å². The van der Waals surface area contributed by atoms with Crippen LogP contribution in [0.25, 0.3) is 11.1 Å². The van der Waals surface area contributed by atoms with Crippen molar-refractivity contribution in [2.45, 2.75) is 71.1 Å². The number of benzene rings is 2. The van der Waals surface area contributed by atoms with Crippen molar-refractivity contribution in [3.63, 3.8) is 0 Å². The number of carboxylic acids is 1. The van der Waals surface area contributed by atoms with Gasteiger partial charge >= 0.3 is 5.97 Å². The number of nitrogens with zero attached hydrogens (tertiary/aromatic N) is 3. The number of hydrogen-bond donors (Lipinski definition) is 5. The highest BCUT2D eigenvalue weighted by atomic mass is 19.1. The summed E-state index contributed by atoms with van der Waals surface area (Å²) in [6, 6.07) is 10.6. The van der Waals surface area contributed by atoms with Gasteiger partial charge in [-0.15, -0.1) is 0 Å². The maximum absolute atomic E-state index is 15.0. The largest absolute Gasteiger partial charge is 0.480 e. The number of halogens is 2. The topological polar surface area (TPSA) is 204 Å². The molecule has 1 fully saturated rings. The number of hydrogen-bond acceptors (Lipinski definition) is 8. The van der Waals surface area contributed by atoms with Crippen molar-refractivity contribution in [1.82, 2.24) is 25.0 Å². The summed E-state index contributed by atoms with van der Waals surface area (Å²) in [5.74, 6) is -5.84. The first kappa shape index (κ1) is 41.3. The van der Waals surface area contributed by atoms with Gasteiger partial charge in [0.2, 0.25) is 29.5 Å². The molecule has 0 bridgehead atoms. The first-order valence-electron chi connectivity index (χ1n) is 17.5. The van der Waals surface area contributed by atoms with E-state index >= 15 is 4.39 Å². The highest BCUT2D eigenvalue weighted by Gasteiger charge is 2.38. The highest BCUT2D eigenvalue weighted by Crippen LogP contribution is 2.41. The van der Waals surface area contributed by atoms with Gasteiger partial charge in [-0.3, -0.25) is 28.9 Å². The Bertz CT molecular complexity index is 1850. The fourth-order valence-corrected chi connectivity index (χ4v) is 6.40. The second kappa shape index (κ2) is 18.0. The number of amides is 5. The number of nitrogens with one attached hydrogen (secondary N) is 2. The second-order valence-corrected chi connectivity index (χ2v) is 14.2. The van der Waals surface area contributed by atoms with E-state index in [2.05, 4.69) is 10.6 Å². The standard InChI is InChI=1S/C38H46F2N6O8/c1-38(2,3)35(30-17-24(26-18-25(39)9-10-27(26)40)20-44(30)19-23-7-5-4-6-8-23)45(34(51)22-47)16-14-28(41)36(52)43-29(37(53)54)13-15-42-31(48)21-46-32(49)11-12-33(46)50/h4-10,17-18,20,28-29,35,47H,11-16,19,21-22,41H2,1-3H3,(H,42,48)(H,43,52)(H,53,54)/t28-,29+,35-/m0/s1. The van der Waals surface area contributed by atoms with E-state index in [1.54, 1.807) is 12.3 Å². The maximum atomic E-state index is 15.0. The Balaban J connectivity index is 1.52. The number of imide groups is 1. The summed E-state index contributed by atoms with van der Waals surface area (Å²) in [6.45, 7) is 4.16. The Labute approximate surface area is 311 Å². The van der Waals surface area contributed by atoms with Crippen LogP contribution in [0, 0.1) is 17.0 Å². The monoisotopic (exact) mass is 752 g/mol. The Morgan fingerprint density at radius 3 is 2.26 bits per heavy atom. The quantitative estimate of drug-likeness (QED) is 0.128. The lowest BCUT2D eigenvalue weighted by Gasteiger charge is -2.41. The molecule has 14 nitrogen and oxygen atoms in total. The lowest BCUT2D eigenvalue weighted by Crippen LogP contribution is -2.51. The maximum Gasteiger partial charge on any atom is 0.326 e. The van der Waals surface area contributed by atoms with Gasteiger partial charge in [0.15, 0.2) is 0 Å². The number of aromatic nitrogens is 1. The van der Waals surface area contributed by atoms with Crippen LogP contribution in [0.3, 0.4) is 0 Å². The van der Waals surface area contributed by atoms with Crippen LogP contribution in [0.4, 0.5) is 8.78 Å². The first-order valence-corrected chi connectivity index (χ1v) is 17.5. The van der Waals surface area contributed by atoms with Crippen molar-refractivity contribution in [1.29, 1.82) is 0 Å². The zero-order valence-corrected chi connectivity index (χ0v) is 30.4. The van der Waals surface area contributed by atoms with E-state index < -0.39 is 83.8 Å². The summed E-state index contributed by atoms with van der Waals surface area (Å²) >= 11 is 0. The third-order valence-corrected chi connectivity index (χ3v) is 9.08. The van der Waals surface area contributed by atoms with Crippen molar-refractivity contribution in [3.05, 3.63) is 83.7 Å². The summed E-state index contributed by atoms with van der Waals surface area (Å²) in [4.78, 5) is 76.5. The molecule has 1 aliphatic rings. The first-order chi connectivity index (χ1) is 25.5. The van der Waals surface area contributed by atoms with Crippen molar-refractivity contribution in [3.8, 4) is 11.1 Å². The molecule has 0 spiro atoms. The normalized spacial score (nSPS) is 14.8. The number of aliphatic hydroxyl groups is 1. The third kappa shape index (κ3) is 10.6. The molecule has 0 radical (unpaired) electrons. The molecule has 4 rings (SSSR count). The molecule has 2 aromatic carbocycles. The van der Waals surface area contributed by atoms with Crippen LogP contribution < -0.4 is 16.4 Å². The predicted octanol–water partition coefficient (Wildman–Crippen LogP) is 2.33. The average Bonchev–Trinajstić information content (AvgIpc) is 3.67. The van der Waals surface area contributed by atoms with Crippen LogP contribution in [-0.4, -0.2) is 98.4 Å². The third-order valence-electron chi connectivity index (χ3n) is 9.08. The van der Waals surface area contributed by atoms with Gasteiger partial charge in [0.1, 0.15) is 30.8 Å². The Hall–Kier alpha value is -5.48. The van der Waals surface area contributed by atoms with E-state index in [1.165, 1.54) is 4.90 Å². The van der Waals surface area contributed by atoms with Gasteiger partial charge in [-0.2, -0.15) is 0 Å². The number of aliphatic hydroxyl groups excluding tert-OH is 1. The molecule has 5 amide bonds. The van der Waals surface area contributed by atoms with E-state index in [0.717, 1.165) is 28.7 Å². The molecule has 3 aromatic rings. The number of nitrogens with two attached hydrogens (primary N) is 1. The molecule has 0 saturated carbocycles. The number of carbonyl (C=O) groups excluding carboxylic acids is 5. The molecule has 290 valence electrons. The zero-order chi connectivity index (χ0) is 39.7. The average molecular weight is 753 g/mol. The number of carbonyl (C=O) groups is 6. The molecule has 1 aromatic heterocycles. The van der Waals surface area contributed by atoms with E-state index in [0.29, 0.717) is 17.8 Å². The van der Waals surface area contributed by atoms with Crippen LogP contribution in [0.15, 0.2) is 60.8 Å². The van der Waals surface area contributed by atoms with E-state index in [1.807, 2.05) is 55.7 Å². The summed E-state index contributed by atoms with van der Waals surface area (Å²) in [5, 5.41) is 24.6. The lowest BCUT2D eigenvalue weighted by atomic mass is 9.82. The van der Waals surface area contributed by atoms with E-state index in [4.69, 9.17) is 5.73 Å². The molecule has 54 heavy (non-hydrogen) atoms. The predicted molar refractivity (Wildman–Crippen MR) is 192 cm³/mol. The molecule has 1 saturated heterocycles. The van der Waals surface area contributed by atoms with Gasteiger partial charge in [-0.1, -0.05) is 51.1 Å². The smallest absolute Gasteiger partial charge is 0.326 e. The fourth-order valence-electron chi connectivity index (χ4n) is 6.40. The Kier molecular flexibility index (Phi) is 13.8. The van der Waals surface area contributed by atoms with Crippen LogP contribution >= 0.6 is 0 Å². The second-order valence-electron chi connectivity index (χ2n) is 14.2. The number of rotatable bonds is 17. The van der Waals surface area contributed by atoms with Crippen molar-refractivity contribution in [2.24, 2.45) is 11.1 Å². The minimum Gasteiger partial charge on any atom is -0.480 e. The Morgan fingerprint density at radius 2 is 1.65 bits per heavy atom. The summed E-state index contributed by atoms with van der Waals surface area (Å²) in [5.41, 5.74) is 7.28. The van der Waals surface area contributed by atoms with Crippen LogP contribution in [0.1, 0.15) is 63.8 Å². The molecule has 6 N–H and O–H groups in total. The lowest BCUT2D eigenvalue weighted by molar-refractivity contribution is -0.142. The molecular weight excluding hydrogens is 706 g/mol. The molecule has 2 heterocycles. The van der Waals surface area contributed by atoms with Crippen LogP contribution in [0.2, 0.25) is 0 Å². The van der Waals surface area contributed by atoms with Gasteiger partial charge in [0.05, 0.1) is 12.1 Å². The summed E-state index contributed by atoms with van der Waals surface area (Å²) in [6.07, 6.45) is 1.30. The highest BCUT2D eigenvalue weighted by molar-refractivity contribution is 6.04. The van der Waals surface area contributed by atoms with Crippen molar-refractivity contribution < 1.29 is 47.8 Å².